The number of hydrogen-bond donors (Lipinski definition) is 1. The van der Waals surface area contributed by atoms with Crippen LogP contribution in [0.3, 0.4) is 0 Å². The van der Waals surface area contributed by atoms with Crippen molar-refractivity contribution in [1.29, 1.82) is 0 Å². The van der Waals surface area contributed by atoms with Crippen LogP contribution >= 0.6 is 0 Å². The fourth-order valence-corrected chi connectivity index (χ4v) is 3.93. The predicted molar refractivity (Wildman–Crippen MR) is 102 cm³/mol. The van der Waals surface area contributed by atoms with Gasteiger partial charge in [0.05, 0.1) is 31.3 Å². The molecule has 8 heteroatoms. The van der Waals surface area contributed by atoms with Crippen molar-refractivity contribution in [3.8, 4) is 5.75 Å². The Morgan fingerprint density at radius 2 is 1.96 bits per heavy atom. The second-order valence-corrected chi connectivity index (χ2v) is 7.97. The van der Waals surface area contributed by atoms with Crippen LogP contribution in [0, 0.1) is 0 Å². The lowest BCUT2D eigenvalue weighted by molar-refractivity contribution is 0.00360. The van der Waals surface area contributed by atoms with Crippen LogP contribution in [0.4, 0.5) is 5.69 Å². The van der Waals surface area contributed by atoms with Gasteiger partial charge in [-0.05, 0) is 49.4 Å². The van der Waals surface area contributed by atoms with Crippen LogP contribution < -0.4 is 9.46 Å². The van der Waals surface area contributed by atoms with E-state index in [1.165, 1.54) is 19.2 Å². The molecule has 1 atom stereocenters. The first-order valence-corrected chi connectivity index (χ1v) is 10.0. The summed E-state index contributed by atoms with van der Waals surface area (Å²) in [7, 11) is -2.25. The minimum absolute atomic E-state index is 0.0223. The van der Waals surface area contributed by atoms with Gasteiger partial charge in [-0.25, -0.2) is 8.42 Å². The van der Waals surface area contributed by atoms with Gasteiger partial charge in [0, 0.05) is 17.8 Å². The molecule has 0 aromatic heterocycles. The van der Waals surface area contributed by atoms with Crippen molar-refractivity contribution in [2.45, 2.75) is 17.9 Å². The third kappa shape index (κ3) is 4.40. The normalized spacial score (nSPS) is 17.4. The molecule has 0 bridgehead atoms. The zero-order valence-corrected chi connectivity index (χ0v) is 16.0. The quantitative estimate of drug-likeness (QED) is 0.847. The van der Waals surface area contributed by atoms with E-state index in [1.54, 1.807) is 41.3 Å². The summed E-state index contributed by atoms with van der Waals surface area (Å²) in [4.78, 5) is 14.6. The number of morpholine rings is 1. The van der Waals surface area contributed by atoms with E-state index in [4.69, 9.17) is 9.47 Å². The summed E-state index contributed by atoms with van der Waals surface area (Å²) in [5, 5.41) is 0. The van der Waals surface area contributed by atoms with E-state index in [0.717, 1.165) is 0 Å². The first-order chi connectivity index (χ1) is 12.9. The maximum absolute atomic E-state index is 12.7. The molecular formula is C19H22N2O5S. The highest BCUT2D eigenvalue weighted by Gasteiger charge is 2.25. The zero-order chi connectivity index (χ0) is 19.4. The molecule has 1 saturated heterocycles. The van der Waals surface area contributed by atoms with Crippen molar-refractivity contribution in [2.75, 3.05) is 31.6 Å². The number of ether oxygens (including phenoxy) is 2. The van der Waals surface area contributed by atoms with Crippen LogP contribution in [0.15, 0.2) is 53.4 Å². The molecule has 1 unspecified atom stereocenters. The topological polar surface area (TPSA) is 84.9 Å². The third-order valence-electron chi connectivity index (χ3n) is 4.36. The minimum Gasteiger partial charge on any atom is -0.497 e. The van der Waals surface area contributed by atoms with Gasteiger partial charge in [-0.15, -0.1) is 0 Å². The molecule has 27 heavy (non-hydrogen) atoms. The summed E-state index contributed by atoms with van der Waals surface area (Å²) in [6, 6.07) is 12.6. The van der Waals surface area contributed by atoms with E-state index >= 15 is 0 Å². The van der Waals surface area contributed by atoms with Gasteiger partial charge in [0.2, 0.25) is 0 Å². The van der Waals surface area contributed by atoms with Crippen LogP contribution in [-0.4, -0.2) is 52.1 Å². The Bertz CT molecular complexity index is 912. The van der Waals surface area contributed by atoms with E-state index in [0.29, 0.717) is 36.8 Å². The van der Waals surface area contributed by atoms with E-state index in [2.05, 4.69) is 4.72 Å². The molecule has 1 aliphatic rings. The highest BCUT2D eigenvalue weighted by atomic mass is 32.2. The van der Waals surface area contributed by atoms with Crippen molar-refractivity contribution < 1.29 is 22.7 Å². The summed E-state index contributed by atoms with van der Waals surface area (Å²) in [6.07, 6.45) is 0. The van der Waals surface area contributed by atoms with Crippen LogP contribution in [-0.2, 0) is 14.8 Å². The number of benzene rings is 2. The molecule has 0 aliphatic carbocycles. The van der Waals surface area contributed by atoms with Crippen molar-refractivity contribution >= 4 is 21.6 Å². The van der Waals surface area contributed by atoms with E-state index < -0.39 is 10.0 Å². The molecule has 7 nitrogen and oxygen atoms in total. The number of sulfonamides is 1. The monoisotopic (exact) mass is 390 g/mol. The van der Waals surface area contributed by atoms with Crippen molar-refractivity contribution in [1.82, 2.24) is 4.90 Å². The Morgan fingerprint density at radius 3 is 2.63 bits per heavy atom. The number of nitrogens with one attached hydrogen (secondary N) is 1. The summed E-state index contributed by atoms with van der Waals surface area (Å²) in [5.74, 6) is 0.428. The van der Waals surface area contributed by atoms with Crippen LogP contribution in [0.1, 0.15) is 17.3 Å². The molecule has 3 rings (SSSR count). The van der Waals surface area contributed by atoms with Gasteiger partial charge in [-0.2, -0.15) is 0 Å². The first-order valence-electron chi connectivity index (χ1n) is 8.56. The van der Waals surface area contributed by atoms with Crippen LogP contribution in [0.25, 0.3) is 0 Å². The molecule has 1 heterocycles. The van der Waals surface area contributed by atoms with E-state index in [-0.39, 0.29) is 16.8 Å². The zero-order valence-electron chi connectivity index (χ0n) is 15.2. The van der Waals surface area contributed by atoms with Gasteiger partial charge >= 0.3 is 0 Å². The van der Waals surface area contributed by atoms with Crippen LogP contribution in [0.5, 0.6) is 5.75 Å². The Balaban J connectivity index is 1.79. The van der Waals surface area contributed by atoms with Crippen molar-refractivity contribution in [3.63, 3.8) is 0 Å². The summed E-state index contributed by atoms with van der Waals surface area (Å²) < 4.78 is 38.1. The lowest BCUT2D eigenvalue weighted by atomic mass is 10.1. The summed E-state index contributed by atoms with van der Waals surface area (Å²) in [5.41, 5.74) is 0.760. The largest absolute Gasteiger partial charge is 0.497 e. The average Bonchev–Trinajstić information content (AvgIpc) is 2.68. The number of carbonyl (C=O) groups is 1. The standard InChI is InChI=1S/C19H22N2O5S/c1-14-13-26-11-10-21(14)19(22)15-4-3-5-16(12-15)20-27(23,24)18-8-6-17(25-2)7-9-18/h3-9,12,14,20H,10-11,13H2,1-2H3. The average molecular weight is 390 g/mol. The van der Waals surface area contributed by atoms with E-state index in [9.17, 15) is 13.2 Å². The first kappa shape index (κ1) is 19.2. The molecule has 2 aromatic rings. The maximum atomic E-state index is 12.7. The van der Waals surface area contributed by atoms with Gasteiger partial charge in [0.25, 0.3) is 15.9 Å². The Hall–Kier alpha value is -2.58. The maximum Gasteiger partial charge on any atom is 0.261 e. The van der Waals surface area contributed by atoms with Crippen LogP contribution in [0.2, 0.25) is 0 Å². The predicted octanol–water partition coefficient (Wildman–Crippen LogP) is 2.36. The highest BCUT2D eigenvalue weighted by molar-refractivity contribution is 7.92. The number of hydrogen-bond acceptors (Lipinski definition) is 5. The molecule has 1 aliphatic heterocycles. The second kappa shape index (κ2) is 7.98. The Morgan fingerprint density at radius 1 is 1.22 bits per heavy atom. The van der Waals surface area contributed by atoms with Gasteiger partial charge in [0.1, 0.15) is 5.75 Å². The molecule has 0 spiro atoms. The van der Waals surface area contributed by atoms with Gasteiger partial charge in [-0.1, -0.05) is 6.07 Å². The lowest BCUT2D eigenvalue weighted by Gasteiger charge is -2.33. The summed E-state index contributed by atoms with van der Waals surface area (Å²) in [6.45, 7) is 3.44. The van der Waals surface area contributed by atoms with E-state index in [1.807, 2.05) is 6.92 Å². The lowest BCUT2D eigenvalue weighted by Crippen LogP contribution is -2.47. The highest BCUT2D eigenvalue weighted by Crippen LogP contribution is 2.21. The van der Waals surface area contributed by atoms with Gasteiger partial charge in [-0.3, -0.25) is 9.52 Å². The number of anilines is 1. The SMILES string of the molecule is COc1ccc(S(=O)(=O)Nc2cccc(C(=O)N3CCOCC3C)c2)cc1. The fraction of sp³-hybridized carbons (Fsp3) is 0.316. The van der Waals surface area contributed by atoms with Crippen molar-refractivity contribution in [2.24, 2.45) is 0 Å². The smallest absolute Gasteiger partial charge is 0.261 e. The minimum atomic E-state index is -3.77. The second-order valence-electron chi connectivity index (χ2n) is 6.28. The molecule has 0 saturated carbocycles. The number of rotatable bonds is 5. The number of amides is 1. The Kier molecular flexibility index (Phi) is 5.67. The van der Waals surface area contributed by atoms with Crippen molar-refractivity contribution in [3.05, 3.63) is 54.1 Å². The molecule has 2 aromatic carbocycles. The number of nitrogens with zero attached hydrogens (tertiary/aromatic N) is 1. The molecule has 1 N–H and O–H groups in total. The fourth-order valence-electron chi connectivity index (χ4n) is 2.88. The Labute approximate surface area is 158 Å². The molecule has 1 fully saturated rings. The van der Waals surface area contributed by atoms with Gasteiger partial charge < -0.3 is 14.4 Å². The summed E-state index contributed by atoms with van der Waals surface area (Å²) >= 11 is 0. The molecule has 1 amide bonds. The third-order valence-corrected chi connectivity index (χ3v) is 5.76. The molecule has 0 radical (unpaired) electrons. The van der Waals surface area contributed by atoms with Gasteiger partial charge in [0.15, 0.2) is 0 Å². The number of carbonyl (C=O) groups excluding carboxylic acids is 1. The molecular weight excluding hydrogens is 368 g/mol. The molecule has 144 valence electrons. The number of methoxy groups -OCH3 is 1.